The van der Waals surface area contributed by atoms with Crippen LogP contribution in [0, 0.1) is 0 Å². The minimum Gasteiger partial charge on any atom is -0.0561 e. The molecule has 0 heterocycles. The lowest BCUT2D eigenvalue weighted by Crippen LogP contribution is -2.15. The topological polar surface area (TPSA) is 0 Å². The van der Waals surface area contributed by atoms with Gasteiger partial charge in [-0.1, -0.05) is 177 Å². The lowest BCUT2D eigenvalue weighted by atomic mass is 9.80. The summed E-state index contributed by atoms with van der Waals surface area (Å²) in [7, 11) is 0. The number of hydrogen-bond acceptors (Lipinski definition) is 0. The Balaban J connectivity index is 1.03. The predicted octanol–water partition coefficient (Wildman–Crippen LogP) is 15.7. The highest BCUT2D eigenvalue weighted by atomic mass is 14.4. The molecule has 0 bridgehead atoms. The van der Waals surface area contributed by atoms with Crippen molar-refractivity contribution in [1.82, 2.24) is 0 Å². The standard InChI is InChI=1S/C55H46/c1-53(2,3)39-25-35-11-9-31-13-19-41(45-23-17-37(27-39)49(35)51(31)45)33-15-21-43-44-22-16-34(30-48(44)55(7,8)47(43)29-33)42-20-14-32-10-12-36-26-40(54(4,5)6)28-38-18-24-46(42)52(32)50(36)38/h9-30H,1-8H3. The Kier molecular flexibility index (Phi) is 6.38. The van der Waals surface area contributed by atoms with Crippen LogP contribution in [0.2, 0.25) is 0 Å². The Bertz CT molecular complexity index is 2970. The molecule has 0 N–H and O–H groups in total. The van der Waals surface area contributed by atoms with E-state index in [2.05, 4.69) is 189 Å². The van der Waals surface area contributed by atoms with E-state index in [4.69, 9.17) is 0 Å². The minimum absolute atomic E-state index is 0.101. The monoisotopic (exact) mass is 706 g/mol. The molecule has 11 rings (SSSR count). The molecule has 266 valence electrons. The van der Waals surface area contributed by atoms with Crippen molar-refractivity contribution in [3.63, 3.8) is 0 Å². The Morgan fingerprint density at radius 3 is 1.04 bits per heavy atom. The molecule has 0 unspecified atom stereocenters. The minimum atomic E-state index is -0.142. The van der Waals surface area contributed by atoms with Crippen LogP contribution >= 0.6 is 0 Å². The van der Waals surface area contributed by atoms with Gasteiger partial charge in [0.05, 0.1) is 0 Å². The van der Waals surface area contributed by atoms with Gasteiger partial charge in [-0.2, -0.15) is 0 Å². The summed E-state index contributed by atoms with van der Waals surface area (Å²) in [6.07, 6.45) is 0. The van der Waals surface area contributed by atoms with E-state index in [1.807, 2.05) is 0 Å². The van der Waals surface area contributed by atoms with Crippen molar-refractivity contribution >= 4 is 64.6 Å². The van der Waals surface area contributed by atoms with Gasteiger partial charge in [-0.25, -0.2) is 0 Å². The van der Waals surface area contributed by atoms with Crippen molar-refractivity contribution in [1.29, 1.82) is 0 Å². The van der Waals surface area contributed by atoms with Crippen molar-refractivity contribution in [2.24, 2.45) is 0 Å². The van der Waals surface area contributed by atoms with Crippen molar-refractivity contribution < 1.29 is 0 Å². The van der Waals surface area contributed by atoms with Crippen molar-refractivity contribution in [3.05, 3.63) is 156 Å². The van der Waals surface area contributed by atoms with Crippen molar-refractivity contribution in [2.75, 3.05) is 0 Å². The maximum absolute atomic E-state index is 2.49. The van der Waals surface area contributed by atoms with Gasteiger partial charge in [0.1, 0.15) is 0 Å². The molecular formula is C55H46. The maximum Gasteiger partial charge on any atom is 0.0159 e. The molecule has 0 heteroatoms. The lowest BCUT2D eigenvalue weighted by Gasteiger charge is -2.24. The largest absolute Gasteiger partial charge is 0.0561 e. The zero-order chi connectivity index (χ0) is 37.8. The SMILES string of the molecule is CC(C)(C)c1cc2ccc3ccc(-c4ccc5c(c4)C(C)(C)c4cc(-c6ccc7ccc8cc(C(C)(C)C)cc9ccc6c7c89)ccc4-5)c4ccc(c1)c2c34. The first-order valence-electron chi connectivity index (χ1n) is 20.0. The molecule has 1 aliphatic carbocycles. The zero-order valence-electron chi connectivity index (χ0n) is 33.2. The van der Waals surface area contributed by atoms with Crippen LogP contribution < -0.4 is 0 Å². The average molecular weight is 707 g/mol. The smallest absolute Gasteiger partial charge is 0.0159 e. The summed E-state index contributed by atoms with van der Waals surface area (Å²) >= 11 is 0. The highest BCUT2D eigenvalue weighted by Gasteiger charge is 2.36. The van der Waals surface area contributed by atoms with Gasteiger partial charge in [0.2, 0.25) is 0 Å². The van der Waals surface area contributed by atoms with Gasteiger partial charge in [-0.15, -0.1) is 0 Å². The van der Waals surface area contributed by atoms with E-state index in [1.165, 1.54) is 120 Å². The molecule has 0 atom stereocenters. The zero-order valence-corrected chi connectivity index (χ0v) is 33.2. The molecule has 0 nitrogen and oxygen atoms in total. The molecule has 55 heavy (non-hydrogen) atoms. The van der Waals surface area contributed by atoms with Gasteiger partial charge in [0, 0.05) is 5.41 Å². The first kappa shape index (κ1) is 32.7. The quantitative estimate of drug-likeness (QED) is 0.157. The molecule has 0 aromatic heterocycles. The Morgan fingerprint density at radius 2 is 0.655 bits per heavy atom. The van der Waals surface area contributed by atoms with Crippen LogP contribution in [0.1, 0.15) is 77.6 Å². The third-order valence-electron chi connectivity index (χ3n) is 13.2. The van der Waals surface area contributed by atoms with Gasteiger partial charge in [-0.3, -0.25) is 0 Å². The first-order chi connectivity index (χ1) is 26.3. The summed E-state index contributed by atoms with van der Waals surface area (Å²) in [6.45, 7) is 18.7. The molecule has 0 spiro atoms. The summed E-state index contributed by atoms with van der Waals surface area (Å²) < 4.78 is 0. The molecule has 0 amide bonds. The summed E-state index contributed by atoms with van der Waals surface area (Å²) in [4.78, 5) is 0. The lowest BCUT2D eigenvalue weighted by molar-refractivity contribution is 0.591. The van der Waals surface area contributed by atoms with Crippen molar-refractivity contribution in [3.8, 4) is 33.4 Å². The van der Waals surface area contributed by atoms with E-state index in [9.17, 15) is 0 Å². The molecule has 0 saturated heterocycles. The molecule has 0 radical (unpaired) electrons. The average Bonchev–Trinajstić information content (AvgIpc) is 3.39. The number of benzene rings is 10. The third-order valence-corrected chi connectivity index (χ3v) is 13.2. The van der Waals surface area contributed by atoms with Crippen molar-refractivity contribution in [2.45, 2.75) is 71.6 Å². The second-order valence-corrected chi connectivity index (χ2v) is 19.0. The molecule has 0 aliphatic heterocycles. The summed E-state index contributed by atoms with van der Waals surface area (Å²) in [5.41, 5.74) is 13.5. The van der Waals surface area contributed by atoms with Crippen LogP contribution in [0.3, 0.4) is 0 Å². The van der Waals surface area contributed by atoms with Gasteiger partial charge < -0.3 is 0 Å². The molecule has 0 fully saturated rings. The molecule has 1 aliphatic rings. The Hall–Kier alpha value is -5.72. The summed E-state index contributed by atoms with van der Waals surface area (Å²) in [6, 6.07) is 52.1. The second-order valence-electron chi connectivity index (χ2n) is 19.0. The maximum atomic E-state index is 2.49. The van der Waals surface area contributed by atoms with Crippen LogP contribution in [0.5, 0.6) is 0 Å². The van der Waals surface area contributed by atoms with E-state index in [1.54, 1.807) is 0 Å². The fraction of sp³-hybridized carbons (Fsp3) is 0.200. The van der Waals surface area contributed by atoms with E-state index in [0.717, 1.165) is 0 Å². The van der Waals surface area contributed by atoms with Crippen LogP contribution in [-0.4, -0.2) is 0 Å². The van der Waals surface area contributed by atoms with Gasteiger partial charge in [0.15, 0.2) is 0 Å². The van der Waals surface area contributed by atoms with Gasteiger partial charge in [-0.05, 0) is 143 Å². The van der Waals surface area contributed by atoms with Crippen LogP contribution in [-0.2, 0) is 16.2 Å². The first-order valence-corrected chi connectivity index (χ1v) is 20.0. The molecule has 10 aromatic carbocycles. The van der Waals surface area contributed by atoms with E-state index < -0.39 is 0 Å². The Labute approximate surface area is 324 Å². The Morgan fingerprint density at radius 1 is 0.327 bits per heavy atom. The fourth-order valence-corrected chi connectivity index (χ4v) is 10.1. The fourth-order valence-electron chi connectivity index (χ4n) is 10.1. The van der Waals surface area contributed by atoms with Crippen LogP contribution in [0.25, 0.3) is 98.0 Å². The molecule has 0 saturated carbocycles. The summed E-state index contributed by atoms with van der Waals surface area (Å²) in [5, 5.41) is 16.1. The predicted molar refractivity (Wildman–Crippen MR) is 240 cm³/mol. The number of fused-ring (bicyclic) bond motifs is 3. The van der Waals surface area contributed by atoms with Gasteiger partial charge in [0.25, 0.3) is 0 Å². The van der Waals surface area contributed by atoms with E-state index in [-0.39, 0.29) is 16.2 Å². The van der Waals surface area contributed by atoms with Crippen LogP contribution in [0.4, 0.5) is 0 Å². The third kappa shape index (κ3) is 4.58. The number of hydrogen-bond donors (Lipinski definition) is 0. The normalized spacial score (nSPS) is 14.3. The highest BCUT2D eigenvalue weighted by molar-refractivity contribution is 6.27. The van der Waals surface area contributed by atoms with Crippen LogP contribution in [0.15, 0.2) is 133 Å². The number of rotatable bonds is 2. The second kappa shape index (κ2) is 10.7. The van der Waals surface area contributed by atoms with E-state index in [0.29, 0.717) is 0 Å². The van der Waals surface area contributed by atoms with Gasteiger partial charge >= 0.3 is 0 Å². The molecular weight excluding hydrogens is 661 g/mol. The highest BCUT2D eigenvalue weighted by Crippen LogP contribution is 2.52. The molecule has 10 aromatic rings. The van der Waals surface area contributed by atoms with E-state index >= 15 is 0 Å². The summed E-state index contributed by atoms with van der Waals surface area (Å²) in [5.74, 6) is 0.